The van der Waals surface area contributed by atoms with Crippen molar-refractivity contribution in [3.05, 3.63) is 36.7 Å². The number of imidazole rings is 1. The van der Waals surface area contributed by atoms with Gasteiger partial charge in [0.15, 0.2) is 17.0 Å². The Morgan fingerprint density at radius 2 is 1.95 bits per heavy atom. The van der Waals surface area contributed by atoms with E-state index in [9.17, 15) is 9.36 Å². The van der Waals surface area contributed by atoms with E-state index in [0.29, 0.717) is 17.0 Å². The Kier molecular flexibility index (Phi) is 9.21. The number of nitrogens with two attached hydrogens (primary N) is 1. The number of nitrogen functional groups attached to an aromatic ring is 1. The van der Waals surface area contributed by atoms with Crippen LogP contribution >= 0.6 is 7.75 Å². The zero-order valence-corrected chi connectivity index (χ0v) is 25.6. The summed E-state index contributed by atoms with van der Waals surface area (Å²) in [4.78, 5) is 25.7. The van der Waals surface area contributed by atoms with Crippen LogP contribution in [0, 0.1) is 5.92 Å². The largest absolute Gasteiger partial charge is 0.462 e. The Labute approximate surface area is 249 Å². The molecule has 2 aliphatic rings. The lowest BCUT2D eigenvalue weighted by Gasteiger charge is -2.26. The molecule has 0 bridgehead atoms. The molecule has 1 saturated heterocycles. The van der Waals surface area contributed by atoms with Crippen LogP contribution in [0.15, 0.2) is 36.7 Å². The van der Waals surface area contributed by atoms with Crippen LogP contribution in [0.2, 0.25) is 0 Å². The normalized spacial score (nSPS) is 24.7. The number of nitrogens with one attached hydrogen (secondary N) is 2. The van der Waals surface area contributed by atoms with Gasteiger partial charge in [0.05, 0.1) is 12.4 Å². The summed E-state index contributed by atoms with van der Waals surface area (Å²) in [5.41, 5.74) is 6.96. The van der Waals surface area contributed by atoms with Gasteiger partial charge in [0.2, 0.25) is 11.8 Å². The maximum absolute atomic E-state index is 16.2. The number of fused-ring (bicyclic) bond motifs is 1. The molecule has 1 aliphatic heterocycles. The molecule has 3 heterocycles. The van der Waals surface area contributed by atoms with Crippen LogP contribution in [-0.4, -0.2) is 56.1 Å². The van der Waals surface area contributed by atoms with E-state index in [0.717, 1.165) is 25.7 Å². The SMILES string of the molecule is CC(C)OC(=O)[C@H](C)NP(=O)(OC[C@]1(F)C[C@H](C)[C@H](n2cnc3c(NC4CCCC4)nc(N)nc32)O1)Oc1ccccc1. The number of esters is 1. The number of aromatic nitrogens is 4. The number of carbonyl (C=O) groups is 1. The van der Waals surface area contributed by atoms with Crippen molar-refractivity contribution >= 4 is 36.6 Å². The zero-order chi connectivity index (χ0) is 30.8. The van der Waals surface area contributed by atoms with Crippen LogP contribution in [0.5, 0.6) is 5.75 Å². The number of ether oxygens (including phenoxy) is 2. The maximum Gasteiger partial charge on any atom is 0.459 e. The van der Waals surface area contributed by atoms with Crippen LogP contribution in [0.4, 0.5) is 16.2 Å². The summed E-state index contributed by atoms with van der Waals surface area (Å²) in [7, 11) is -4.29. The highest BCUT2D eigenvalue weighted by atomic mass is 31.2. The van der Waals surface area contributed by atoms with Crippen molar-refractivity contribution in [2.75, 3.05) is 17.7 Å². The summed E-state index contributed by atoms with van der Waals surface area (Å²) >= 11 is 0. The number of anilines is 2. The fourth-order valence-electron chi connectivity index (χ4n) is 5.39. The second-order valence-corrected chi connectivity index (χ2v) is 13.2. The Morgan fingerprint density at radius 1 is 1.23 bits per heavy atom. The van der Waals surface area contributed by atoms with Crippen molar-refractivity contribution < 1.29 is 32.3 Å². The molecule has 1 saturated carbocycles. The average molecular weight is 620 g/mol. The van der Waals surface area contributed by atoms with Gasteiger partial charge in [-0.1, -0.05) is 38.0 Å². The predicted molar refractivity (Wildman–Crippen MR) is 158 cm³/mol. The Bertz CT molecular complexity index is 1470. The molecule has 2 fully saturated rings. The second kappa shape index (κ2) is 12.7. The molecule has 0 amide bonds. The van der Waals surface area contributed by atoms with Crippen LogP contribution < -0.4 is 20.7 Å². The highest BCUT2D eigenvalue weighted by Crippen LogP contribution is 2.49. The van der Waals surface area contributed by atoms with E-state index >= 15 is 4.39 Å². The van der Waals surface area contributed by atoms with E-state index in [-0.39, 0.29) is 36.2 Å². The van der Waals surface area contributed by atoms with Gasteiger partial charge in [-0.2, -0.15) is 15.1 Å². The van der Waals surface area contributed by atoms with E-state index in [4.69, 9.17) is 24.3 Å². The molecule has 1 aliphatic carbocycles. The minimum absolute atomic E-state index is 0.0606. The number of halogens is 1. The number of hydrogen-bond donors (Lipinski definition) is 3. The van der Waals surface area contributed by atoms with Gasteiger partial charge in [0, 0.05) is 18.4 Å². The maximum atomic E-state index is 16.2. The molecule has 234 valence electrons. The minimum Gasteiger partial charge on any atom is -0.462 e. The molecule has 2 aromatic heterocycles. The molecule has 4 N–H and O–H groups in total. The number of para-hydroxylation sites is 1. The number of rotatable bonds is 12. The molecule has 13 nitrogen and oxygen atoms in total. The molecule has 5 rings (SSSR count). The summed E-state index contributed by atoms with van der Waals surface area (Å²) in [6.45, 7) is 5.93. The molecule has 0 spiro atoms. The van der Waals surface area contributed by atoms with Crippen molar-refractivity contribution in [1.82, 2.24) is 24.6 Å². The summed E-state index contributed by atoms with van der Waals surface area (Å²) in [5, 5.41) is 5.99. The minimum atomic E-state index is -4.29. The fraction of sp³-hybridized carbons (Fsp3) is 0.571. The first-order chi connectivity index (χ1) is 20.4. The number of carbonyl (C=O) groups excluding carboxylic acids is 1. The predicted octanol–water partition coefficient (Wildman–Crippen LogP) is 5.12. The monoisotopic (exact) mass is 619 g/mol. The van der Waals surface area contributed by atoms with Gasteiger partial charge in [0.1, 0.15) is 24.6 Å². The lowest BCUT2D eigenvalue weighted by molar-refractivity contribution is -0.173. The van der Waals surface area contributed by atoms with Crippen molar-refractivity contribution in [2.24, 2.45) is 5.92 Å². The van der Waals surface area contributed by atoms with E-state index in [1.807, 2.05) is 6.92 Å². The standard InChI is InChI=1S/C28H39FN7O6P/c1-17(2)40-26(37)19(4)35-43(38,42-21-12-6-5-7-13-21)39-15-28(29)14-18(3)25(41-28)36-16-31-22-23(32-20-10-8-9-11-20)33-27(30)34-24(22)36/h5-7,12-13,16-20,25H,8-11,14-15H2,1-4H3,(H,35,38)(H3,30,32,33,34)/t18-,19-,25+,28-,43?/m0/s1. The van der Waals surface area contributed by atoms with Gasteiger partial charge in [-0.25, -0.2) is 13.9 Å². The first-order valence-corrected chi connectivity index (χ1v) is 16.1. The van der Waals surface area contributed by atoms with E-state index in [1.165, 1.54) is 13.3 Å². The summed E-state index contributed by atoms with van der Waals surface area (Å²) in [5.74, 6) is -2.56. The lowest BCUT2D eigenvalue weighted by Crippen LogP contribution is -2.37. The van der Waals surface area contributed by atoms with Gasteiger partial charge in [-0.3, -0.25) is 13.9 Å². The summed E-state index contributed by atoms with van der Waals surface area (Å²) in [6.07, 6.45) is 4.59. The molecule has 1 aromatic carbocycles. The molecular weight excluding hydrogens is 580 g/mol. The van der Waals surface area contributed by atoms with Crippen LogP contribution in [0.25, 0.3) is 11.2 Å². The highest BCUT2D eigenvalue weighted by molar-refractivity contribution is 7.52. The number of hydrogen-bond acceptors (Lipinski definition) is 11. The van der Waals surface area contributed by atoms with Crippen LogP contribution in [-0.2, 0) is 23.4 Å². The van der Waals surface area contributed by atoms with E-state index in [2.05, 4.69) is 25.4 Å². The Hall–Kier alpha value is -3.32. The van der Waals surface area contributed by atoms with Crippen LogP contribution in [0.1, 0.15) is 66.0 Å². The quantitative estimate of drug-likeness (QED) is 0.181. The number of benzene rings is 1. The molecular formula is C28H39FN7O6P. The fourth-order valence-corrected chi connectivity index (χ4v) is 6.91. The lowest BCUT2D eigenvalue weighted by atomic mass is 10.1. The van der Waals surface area contributed by atoms with Gasteiger partial charge < -0.3 is 25.0 Å². The van der Waals surface area contributed by atoms with Gasteiger partial charge in [-0.15, -0.1) is 0 Å². The molecule has 3 aromatic rings. The average Bonchev–Trinajstić information content (AvgIpc) is 3.67. The van der Waals surface area contributed by atoms with Crippen molar-refractivity contribution in [3.63, 3.8) is 0 Å². The Morgan fingerprint density at radius 3 is 2.65 bits per heavy atom. The summed E-state index contributed by atoms with van der Waals surface area (Å²) in [6, 6.07) is 7.45. The van der Waals surface area contributed by atoms with E-state index < -0.39 is 38.4 Å². The van der Waals surface area contributed by atoms with Gasteiger partial charge in [-0.05, 0) is 45.7 Å². The smallest absolute Gasteiger partial charge is 0.459 e. The third-order valence-electron chi connectivity index (χ3n) is 7.33. The molecule has 43 heavy (non-hydrogen) atoms. The highest BCUT2D eigenvalue weighted by Gasteiger charge is 2.49. The molecule has 0 radical (unpaired) electrons. The van der Waals surface area contributed by atoms with Crippen molar-refractivity contribution in [1.29, 1.82) is 0 Å². The summed E-state index contributed by atoms with van der Waals surface area (Å²) < 4.78 is 54.0. The van der Waals surface area contributed by atoms with Crippen molar-refractivity contribution in [2.45, 2.75) is 90.1 Å². The van der Waals surface area contributed by atoms with Gasteiger partial charge >= 0.3 is 13.7 Å². The third kappa shape index (κ3) is 7.43. The van der Waals surface area contributed by atoms with Crippen LogP contribution in [0.3, 0.4) is 0 Å². The topological polar surface area (TPSA) is 165 Å². The van der Waals surface area contributed by atoms with Gasteiger partial charge in [0.25, 0.3) is 0 Å². The molecule has 1 unspecified atom stereocenters. The Balaban J connectivity index is 1.33. The van der Waals surface area contributed by atoms with Crippen molar-refractivity contribution in [3.8, 4) is 5.75 Å². The molecule has 5 atom stereocenters. The first-order valence-electron chi connectivity index (χ1n) is 14.5. The third-order valence-corrected chi connectivity index (χ3v) is 8.95. The first kappa shape index (κ1) is 31.1. The van der Waals surface area contributed by atoms with E-state index in [1.54, 1.807) is 48.7 Å². The second-order valence-electron chi connectivity index (χ2n) is 11.5. The molecule has 15 heteroatoms. The zero-order valence-electron chi connectivity index (χ0n) is 24.7. The number of nitrogens with zero attached hydrogens (tertiary/aromatic N) is 4. The number of alkyl halides is 1.